The van der Waals surface area contributed by atoms with Crippen LogP contribution in [0.5, 0.6) is 0 Å². The van der Waals surface area contributed by atoms with Crippen molar-refractivity contribution in [2.24, 2.45) is 0 Å². The quantitative estimate of drug-likeness (QED) is 0.768. The molecule has 0 heterocycles. The number of nitrogens with zero attached hydrogens (tertiary/aromatic N) is 1. The van der Waals surface area contributed by atoms with Crippen molar-refractivity contribution in [3.05, 3.63) is 60.2 Å². The number of hydrogen-bond acceptors (Lipinski definition) is 4. The topological polar surface area (TPSA) is 75.7 Å². The SMILES string of the molecule is CCC(COC)NC(=O)c1cccc(S(=O)(=O)N(C)c2ccccc2)c1. The van der Waals surface area contributed by atoms with Gasteiger partial charge in [-0.3, -0.25) is 9.10 Å². The summed E-state index contributed by atoms with van der Waals surface area (Å²) in [6, 6.07) is 14.7. The Morgan fingerprint density at radius 3 is 2.46 bits per heavy atom. The van der Waals surface area contributed by atoms with Crippen LogP contribution in [0.1, 0.15) is 23.7 Å². The number of anilines is 1. The maximum atomic E-state index is 12.9. The van der Waals surface area contributed by atoms with Crippen LogP contribution in [0.4, 0.5) is 5.69 Å². The first-order valence-electron chi connectivity index (χ1n) is 8.34. The third-order valence-corrected chi connectivity index (χ3v) is 5.85. The molecular weight excluding hydrogens is 352 g/mol. The van der Waals surface area contributed by atoms with Crippen molar-refractivity contribution in [1.29, 1.82) is 0 Å². The molecular formula is C19H24N2O4S. The number of nitrogens with one attached hydrogen (secondary N) is 1. The van der Waals surface area contributed by atoms with E-state index in [0.717, 1.165) is 0 Å². The van der Waals surface area contributed by atoms with E-state index >= 15 is 0 Å². The fourth-order valence-corrected chi connectivity index (χ4v) is 3.71. The molecule has 0 saturated heterocycles. The third kappa shape index (κ3) is 4.62. The fraction of sp³-hybridized carbons (Fsp3) is 0.316. The average Bonchev–Trinajstić information content (AvgIpc) is 2.67. The highest BCUT2D eigenvalue weighted by Gasteiger charge is 2.22. The molecule has 0 bridgehead atoms. The number of amides is 1. The Morgan fingerprint density at radius 1 is 1.15 bits per heavy atom. The summed E-state index contributed by atoms with van der Waals surface area (Å²) in [4.78, 5) is 12.5. The van der Waals surface area contributed by atoms with E-state index in [1.165, 1.54) is 23.5 Å². The molecule has 0 aliphatic heterocycles. The Labute approximate surface area is 154 Å². The average molecular weight is 376 g/mol. The lowest BCUT2D eigenvalue weighted by atomic mass is 10.2. The van der Waals surface area contributed by atoms with Gasteiger partial charge in [-0.15, -0.1) is 0 Å². The van der Waals surface area contributed by atoms with Crippen LogP contribution < -0.4 is 9.62 Å². The number of carbonyl (C=O) groups excluding carboxylic acids is 1. The summed E-state index contributed by atoms with van der Waals surface area (Å²) in [5, 5.41) is 2.85. The molecule has 6 nitrogen and oxygen atoms in total. The van der Waals surface area contributed by atoms with Crippen molar-refractivity contribution in [3.8, 4) is 0 Å². The predicted molar refractivity (Wildman–Crippen MR) is 102 cm³/mol. The van der Waals surface area contributed by atoms with Crippen LogP contribution in [0.3, 0.4) is 0 Å². The summed E-state index contributed by atoms with van der Waals surface area (Å²) >= 11 is 0. The monoisotopic (exact) mass is 376 g/mol. The molecule has 1 unspecified atom stereocenters. The van der Waals surface area contributed by atoms with E-state index in [1.807, 2.05) is 13.0 Å². The van der Waals surface area contributed by atoms with Gasteiger partial charge in [0, 0.05) is 19.7 Å². The van der Waals surface area contributed by atoms with Crippen molar-refractivity contribution in [1.82, 2.24) is 5.32 Å². The van der Waals surface area contributed by atoms with Gasteiger partial charge in [0.25, 0.3) is 15.9 Å². The Balaban J connectivity index is 2.26. The highest BCUT2D eigenvalue weighted by molar-refractivity contribution is 7.92. The molecule has 0 saturated carbocycles. The zero-order chi connectivity index (χ0) is 19.2. The van der Waals surface area contributed by atoms with Gasteiger partial charge in [0.1, 0.15) is 0 Å². The molecule has 2 aromatic carbocycles. The second-order valence-electron chi connectivity index (χ2n) is 5.87. The fourth-order valence-electron chi connectivity index (χ4n) is 2.46. The molecule has 26 heavy (non-hydrogen) atoms. The number of methoxy groups -OCH3 is 1. The van der Waals surface area contributed by atoms with Crippen LogP contribution in [0.2, 0.25) is 0 Å². The van der Waals surface area contributed by atoms with Gasteiger partial charge in [-0.1, -0.05) is 31.2 Å². The lowest BCUT2D eigenvalue weighted by molar-refractivity contribution is 0.0894. The van der Waals surface area contributed by atoms with Gasteiger partial charge in [0.15, 0.2) is 0 Å². The van der Waals surface area contributed by atoms with Gasteiger partial charge in [0.2, 0.25) is 0 Å². The summed E-state index contributed by atoms with van der Waals surface area (Å²) in [6.07, 6.45) is 0.717. The van der Waals surface area contributed by atoms with Crippen LogP contribution in [-0.4, -0.2) is 41.1 Å². The number of rotatable bonds is 8. The van der Waals surface area contributed by atoms with E-state index in [9.17, 15) is 13.2 Å². The molecule has 0 radical (unpaired) electrons. The number of hydrogen-bond donors (Lipinski definition) is 1. The van der Waals surface area contributed by atoms with Gasteiger partial charge in [0.05, 0.1) is 23.2 Å². The summed E-state index contributed by atoms with van der Waals surface area (Å²) in [7, 11) is -0.704. The first kappa shape index (κ1) is 19.9. The number of benzene rings is 2. The summed E-state index contributed by atoms with van der Waals surface area (Å²) in [5.41, 5.74) is 0.843. The van der Waals surface area contributed by atoms with E-state index in [0.29, 0.717) is 24.3 Å². The normalized spacial score (nSPS) is 12.4. The van der Waals surface area contributed by atoms with Crippen molar-refractivity contribution in [3.63, 3.8) is 0 Å². The van der Waals surface area contributed by atoms with Crippen molar-refractivity contribution in [2.45, 2.75) is 24.3 Å². The minimum absolute atomic E-state index is 0.0660. The van der Waals surface area contributed by atoms with E-state index in [1.54, 1.807) is 43.5 Å². The zero-order valence-electron chi connectivity index (χ0n) is 15.2. The van der Waals surface area contributed by atoms with Crippen molar-refractivity contribution < 1.29 is 17.9 Å². The van der Waals surface area contributed by atoms with Gasteiger partial charge >= 0.3 is 0 Å². The summed E-state index contributed by atoms with van der Waals surface area (Å²) in [6.45, 7) is 2.34. The first-order chi connectivity index (χ1) is 12.4. The van der Waals surface area contributed by atoms with Crippen LogP contribution in [0.15, 0.2) is 59.5 Å². The predicted octanol–water partition coefficient (Wildman–Crippen LogP) is 2.67. The second-order valence-corrected chi connectivity index (χ2v) is 7.84. The molecule has 0 aromatic heterocycles. The largest absolute Gasteiger partial charge is 0.383 e. The van der Waals surface area contributed by atoms with Gasteiger partial charge < -0.3 is 10.1 Å². The summed E-state index contributed by atoms with van der Waals surface area (Å²) < 4.78 is 32.0. The van der Waals surface area contributed by atoms with Crippen LogP contribution in [0, 0.1) is 0 Å². The van der Waals surface area contributed by atoms with E-state index in [4.69, 9.17) is 4.74 Å². The van der Waals surface area contributed by atoms with Crippen LogP contribution >= 0.6 is 0 Å². The lowest BCUT2D eigenvalue weighted by Crippen LogP contribution is -2.37. The Hall–Kier alpha value is -2.38. The molecule has 0 spiro atoms. The van der Waals surface area contributed by atoms with E-state index in [-0.39, 0.29) is 16.8 Å². The number of carbonyl (C=O) groups is 1. The minimum atomic E-state index is -3.76. The number of sulfonamides is 1. The zero-order valence-corrected chi connectivity index (χ0v) is 16.0. The molecule has 2 rings (SSSR count). The molecule has 1 atom stereocenters. The highest BCUT2D eigenvalue weighted by Crippen LogP contribution is 2.22. The van der Waals surface area contributed by atoms with Crippen LogP contribution in [0.25, 0.3) is 0 Å². The smallest absolute Gasteiger partial charge is 0.264 e. The molecule has 140 valence electrons. The van der Waals surface area contributed by atoms with Gasteiger partial charge in [-0.25, -0.2) is 8.42 Å². The molecule has 1 amide bonds. The van der Waals surface area contributed by atoms with E-state index in [2.05, 4.69) is 5.32 Å². The van der Waals surface area contributed by atoms with Crippen molar-refractivity contribution >= 4 is 21.6 Å². The number of para-hydroxylation sites is 1. The van der Waals surface area contributed by atoms with Crippen molar-refractivity contribution in [2.75, 3.05) is 25.1 Å². The van der Waals surface area contributed by atoms with Crippen LogP contribution in [-0.2, 0) is 14.8 Å². The molecule has 0 aliphatic carbocycles. The Morgan fingerprint density at radius 2 is 1.85 bits per heavy atom. The minimum Gasteiger partial charge on any atom is -0.383 e. The van der Waals surface area contributed by atoms with Gasteiger partial charge in [-0.2, -0.15) is 0 Å². The third-order valence-electron chi connectivity index (χ3n) is 4.07. The molecule has 1 N–H and O–H groups in total. The highest BCUT2D eigenvalue weighted by atomic mass is 32.2. The standard InChI is InChI=1S/C19H24N2O4S/c1-4-16(14-25-3)20-19(22)15-9-8-12-18(13-15)26(23,24)21(2)17-10-6-5-7-11-17/h5-13,16H,4,14H2,1-3H3,(H,20,22). The molecule has 2 aromatic rings. The molecule has 0 fully saturated rings. The van der Waals surface area contributed by atoms with E-state index < -0.39 is 10.0 Å². The first-order valence-corrected chi connectivity index (χ1v) is 9.78. The maximum absolute atomic E-state index is 12.9. The molecule has 0 aliphatic rings. The second kappa shape index (κ2) is 8.82. The number of ether oxygens (including phenoxy) is 1. The lowest BCUT2D eigenvalue weighted by Gasteiger charge is -2.20. The maximum Gasteiger partial charge on any atom is 0.264 e. The van der Waals surface area contributed by atoms with Gasteiger partial charge in [-0.05, 0) is 36.8 Å². The Kier molecular flexibility index (Phi) is 6.76. The molecule has 7 heteroatoms. The summed E-state index contributed by atoms with van der Waals surface area (Å²) in [5.74, 6) is -0.326. The Bertz CT molecular complexity index is 838.